The zero-order chi connectivity index (χ0) is 9.14. The Morgan fingerprint density at radius 2 is 2.17 bits per heavy atom. The van der Waals surface area contributed by atoms with Gasteiger partial charge in [-0.05, 0) is 24.6 Å². The maximum absolute atomic E-state index is 9.43. The molecule has 0 radical (unpaired) electrons. The third-order valence-corrected chi connectivity index (χ3v) is 1.74. The largest absolute Gasteiger partial charge is 0.507 e. The molecule has 1 aromatic carbocycles. The summed E-state index contributed by atoms with van der Waals surface area (Å²) >= 11 is 0. The van der Waals surface area contributed by atoms with Crippen LogP contribution in [0.2, 0.25) is 0 Å². The Balaban J connectivity index is 3.22. The van der Waals surface area contributed by atoms with E-state index < -0.39 is 0 Å². The fraction of sp³-hybridized carbons (Fsp3) is 0.0909. The second-order valence-electron chi connectivity index (χ2n) is 2.75. The molecule has 0 saturated heterocycles. The fourth-order valence-electron chi connectivity index (χ4n) is 1.02. The molecule has 0 bridgehead atoms. The van der Waals surface area contributed by atoms with Crippen LogP contribution in [0.4, 0.5) is 0 Å². The van der Waals surface area contributed by atoms with Gasteiger partial charge in [-0.2, -0.15) is 0 Å². The van der Waals surface area contributed by atoms with E-state index in [9.17, 15) is 5.11 Å². The van der Waals surface area contributed by atoms with E-state index in [1.54, 1.807) is 12.1 Å². The lowest BCUT2D eigenvalue weighted by atomic mass is 10.0. The van der Waals surface area contributed by atoms with Crippen LogP contribution in [0.3, 0.4) is 0 Å². The quantitative estimate of drug-likeness (QED) is 0.659. The van der Waals surface area contributed by atoms with Gasteiger partial charge < -0.3 is 5.11 Å². The van der Waals surface area contributed by atoms with Crippen LogP contribution in [0.25, 0.3) is 5.57 Å². The fourth-order valence-corrected chi connectivity index (χ4v) is 1.02. The summed E-state index contributed by atoms with van der Waals surface area (Å²) in [5, 5.41) is 9.43. The standard InChI is InChI=1S/C11H12O/c1-4-9(3)10-7-8(2)5-6-11(10)12/h4-7,12H,1,3H2,2H3. The summed E-state index contributed by atoms with van der Waals surface area (Å²) in [7, 11) is 0. The van der Waals surface area contributed by atoms with Gasteiger partial charge in [0, 0.05) is 5.56 Å². The molecule has 0 unspecified atom stereocenters. The molecule has 62 valence electrons. The minimum Gasteiger partial charge on any atom is -0.507 e. The first-order valence-corrected chi connectivity index (χ1v) is 3.76. The molecule has 0 aliphatic rings. The third-order valence-electron chi connectivity index (χ3n) is 1.74. The van der Waals surface area contributed by atoms with Crippen molar-refractivity contribution in [1.29, 1.82) is 0 Å². The molecule has 1 heteroatoms. The van der Waals surface area contributed by atoms with Crippen LogP contribution in [-0.2, 0) is 0 Å². The number of hydrogen-bond donors (Lipinski definition) is 1. The number of rotatable bonds is 2. The average molecular weight is 160 g/mol. The molecule has 1 aromatic rings. The van der Waals surface area contributed by atoms with Gasteiger partial charge in [-0.25, -0.2) is 0 Å². The van der Waals surface area contributed by atoms with Crippen molar-refractivity contribution in [3.8, 4) is 5.75 Å². The van der Waals surface area contributed by atoms with Crippen LogP contribution in [0, 0.1) is 6.92 Å². The van der Waals surface area contributed by atoms with Crippen LogP contribution in [0.1, 0.15) is 11.1 Å². The Bertz CT molecular complexity index is 324. The number of allylic oxidation sites excluding steroid dienone is 2. The molecule has 1 rings (SSSR count). The molecular formula is C11H12O. The van der Waals surface area contributed by atoms with Gasteiger partial charge in [0.1, 0.15) is 5.75 Å². The van der Waals surface area contributed by atoms with Crippen LogP contribution in [0.5, 0.6) is 5.75 Å². The Morgan fingerprint density at radius 3 is 2.75 bits per heavy atom. The summed E-state index contributed by atoms with van der Waals surface area (Å²) < 4.78 is 0. The molecule has 0 saturated carbocycles. The van der Waals surface area contributed by atoms with E-state index in [4.69, 9.17) is 0 Å². The maximum atomic E-state index is 9.43. The molecule has 0 atom stereocenters. The highest BCUT2D eigenvalue weighted by atomic mass is 16.3. The van der Waals surface area contributed by atoms with Gasteiger partial charge in [0.15, 0.2) is 0 Å². The van der Waals surface area contributed by atoms with Crippen molar-refractivity contribution in [2.45, 2.75) is 6.92 Å². The second kappa shape index (κ2) is 3.26. The topological polar surface area (TPSA) is 20.2 Å². The molecule has 12 heavy (non-hydrogen) atoms. The zero-order valence-corrected chi connectivity index (χ0v) is 7.17. The number of benzene rings is 1. The molecule has 0 aliphatic carbocycles. The lowest BCUT2D eigenvalue weighted by molar-refractivity contribution is 0.473. The van der Waals surface area contributed by atoms with E-state index in [0.29, 0.717) is 0 Å². The predicted molar refractivity (Wildman–Crippen MR) is 52.1 cm³/mol. The Morgan fingerprint density at radius 1 is 1.50 bits per heavy atom. The number of hydrogen-bond acceptors (Lipinski definition) is 1. The average Bonchev–Trinajstić information content (AvgIpc) is 2.08. The normalized spacial score (nSPS) is 9.42. The molecule has 0 fully saturated rings. The highest BCUT2D eigenvalue weighted by molar-refractivity contribution is 5.75. The van der Waals surface area contributed by atoms with Gasteiger partial charge in [0.05, 0.1) is 0 Å². The van der Waals surface area contributed by atoms with E-state index >= 15 is 0 Å². The summed E-state index contributed by atoms with van der Waals surface area (Å²) in [6.45, 7) is 9.34. The molecule has 0 amide bonds. The van der Waals surface area contributed by atoms with Crippen molar-refractivity contribution < 1.29 is 5.11 Å². The van der Waals surface area contributed by atoms with Crippen LogP contribution >= 0.6 is 0 Å². The van der Waals surface area contributed by atoms with Gasteiger partial charge in [-0.15, -0.1) is 0 Å². The molecule has 0 heterocycles. The van der Waals surface area contributed by atoms with Crippen molar-refractivity contribution in [1.82, 2.24) is 0 Å². The van der Waals surface area contributed by atoms with Crippen LogP contribution in [0.15, 0.2) is 37.4 Å². The SMILES string of the molecule is C=CC(=C)c1cc(C)ccc1O. The number of aromatic hydroxyl groups is 1. The monoisotopic (exact) mass is 160 g/mol. The minimum absolute atomic E-state index is 0.255. The van der Waals surface area contributed by atoms with Crippen molar-refractivity contribution in [2.24, 2.45) is 0 Å². The number of phenolic OH excluding ortho intramolecular Hbond substituents is 1. The van der Waals surface area contributed by atoms with Gasteiger partial charge >= 0.3 is 0 Å². The Kier molecular flexibility index (Phi) is 2.34. The van der Waals surface area contributed by atoms with Gasteiger partial charge in [0.25, 0.3) is 0 Å². The Labute approximate surface area is 72.7 Å². The lowest BCUT2D eigenvalue weighted by Gasteiger charge is -2.04. The molecule has 0 aliphatic heterocycles. The number of phenols is 1. The van der Waals surface area contributed by atoms with Gasteiger partial charge in [0.2, 0.25) is 0 Å². The highest BCUT2D eigenvalue weighted by Gasteiger charge is 2.01. The molecular weight excluding hydrogens is 148 g/mol. The first-order chi connectivity index (χ1) is 5.65. The summed E-state index contributed by atoms with van der Waals surface area (Å²) in [5.74, 6) is 0.255. The Hall–Kier alpha value is -1.50. The van der Waals surface area contributed by atoms with E-state index in [1.165, 1.54) is 0 Å². The predicted octanol–water partition coefficient (Wildman–Crippen LogP) is 2.90. The van der Waals surface area contributed by atoms with E-state index in [-0.39, 0.29) is 5.75 Å². The van der Waals surface area contributed by atoms with E-state index in [2.05, 4.69) is 13.2 Å². The molecule has 1 nitrogen and oxygen atoms in total. The van der Waals surface area contributed by atoms with Crippen molar-refractivity contribution in [3.63, 3.8) is 0 Å². The van der Waals surface area contributed by atoms with Crippen molar-refractivity contribution in [3.05, 3.63) is 48.6 Å². The first-order valence-electron chi connectivity index (χ1n) is 3.76. The minimum atomic E-state index is 0.255. The lowest BCUT2D eigenvalue weighted by Crippen LogP contribution is -1.82. The second-order valence-corrected chi connectivity index (χ2v) is 2.75. The maximum Gasteiger partial charge on any atom is 0.123 e. The van der Waals surface area contributed by atoms with Crippen LogP contribution in [-0.4, -0.2) is 5.11 Å². The molecule has 1 N–H and O–H groups in total. The zero-order valence-electron chi connectivity index (χ0n) is 7.17. The van der Waals surface area contributed by atoms with Gasteiger partial charge in [-0.1, -0.05) is 30.9 Å². The van der Waals surface area contributed by atoms with Gasteiger partial charge in [-0.3, -0.25) is 0 Å². The summed E-state index contributed by atoms with van der Waals surface area (Å²) in [6, 6.07) is 5.41. The third kappa shape index (κ3) is 1.56. The summed E-state index contributed by atoms with van der Waals surface area (Å²) in [6.07, 6.45) is 1.63. The summed E-state index contributed by atoms with van der Waals surface area (Å²) in [4.78, 5) is 0. The van der Waals surface area contributed by atoms with Crippen LogP contribution < -0.4 is 0 Å². The molecule has 0 spiro atoms. The van der Waals surface area contributed by atoms with E-state index in [0.717, 1.165) is 16.7 Å². The highest BCUT2D eigenvalue weighted by Crippen LogP contribution is 2.25. The van der Waals surface area contributed by atoms with E-state index in [1.807, 2.05) is 19.1 Å². The number of aryl methyl sites for hydroxylation is 1. The smallest absolute Gasteiger partial charge is 0.123 e. The van der Waals surface area contributed by atoms with Crippen molar-refractivity contribution >= 4 is 5.57 Å². The first kappa shape index (κ1) is 8.60. The summed E-state index contributed by atoms with van der Waals surface area (Å²) in [5.41, 5.74) is 2.60. The van der Waals surface area contributed by atoms with Crippen molar-refractivity contribution in [2.75, 3.05) is 0 Å². The molecule has 0 aromatic heterocycles.